The van der Waals surface area contributed by atoms with Crippen LogP contribution >= 0.6 is 0 Å². The minimum Gasteiger partial charge on any atom is -0.508 e. The maximum atomic E-state index is 11.0. The lowest BCUT2D eigenvalue weighted by molar-refractivity contribution is -0.00804. The lowest BCUT2D eigenvalue weighted by Crippen LogP contribution is -2.50. The van der Waals surface area contributed by atoms with Gasteiger partial charge in [0.2, 0.25) is 0 Å². The molecule has 2 N–H and O–H groups in total. The summed E-state index contributed by atoms with van der Waals surface area (Å²) in [5.41, 5.74) is 3.13. The van der Waals surface area contributed by atoms with E-state index in [0.29, 0.717) is 18.1 Å². The van der Waals surface area contributed by atoms with Crippen molar-refractivity contribution in [2.24, 2.45) is 5.92 Å². The number of rotatable bonds is 2. The minimum absolute atomic E-state index is 0.0181. The molecule has 0 aromatic heterocycles. The average molecular weight is 346 g/mol. The number of benzene rings is 2. The van der Waals surface area contributed by atoms with E-state index in [2.05, 4.69) is 48.2 Å². The molecule has 0 heterocycles. The van der Waals surface area contributed by atoms with Crippen molar-refractivity contribution in [2.75, 3.05) is 0 Å². The smallest absolute Gasteiger partial charge is 0.125 e. The maximum Gasteiger partial charge on any atom is 0.125 e. The van der Waals surface area contributed by atoms with Crippen LogP contribution in [0.25, 0.3) is 0 Å². The van der Waals surface area contributed by atoms with Gasteiger partial charge in [0.25, 0.3) is 0 Å². The van der Waals surface area contributed by atoms with Crippen LogP contribution in [0.5, 0.6) is 5.75 Å². The molecule has 1 fully saturated rings. The van der Waals surface area contributed by atoms with Gasteiger partial charge in [-0.05, 0) is 80.2 Å². The van der Waals surface area contributed by atoms with Gasteiger partial charge in [-0.15, -0.1) is 5.92 Å². The van der Waals surface area contributed by atoms with Crippen LogP contribution in [0.3, 0.4) is 0 Å². The molecule has 2 aliphatic rings. The fourth-order valence-electron chi connectivity index (χ4n) is 5.31. The summed E-state index contributed by atoms with van der Waals surface area (Å²) in [5, 5.41) is 20.9. The van der Waals surface area contributed by atoms with E-state index in [0.717, 1.165) is 32.1 Å². The molecule has 0 amide bonds. The summed E-state index contributed by atoms with van der Waals surface area (Å²) < 4.78 is 0. The first-order chi connectivity index (χ1) is 12.5. The van der Waals surface area contributed by atoms with Crippen molar-refractivity contribution in [3.05, 3.63) is 65.2 Å². The van der Waals surface area contributed by atoms with Crippen molar-refractivity contribution in [3.63, 3.8) is 0 Å². The number of hydrogen-bond acceptors (Lipinski definition) is 2. The summed E-state index contributed by atoms with van der Waals surface area (Å²) in [6.07, 6.45) is 5.34. The number of phenols is 1. The first-order valence-electron chi connectivity index (χ1n) is 9.57. The molecule has 1 saturated carbocycles. The Morgan fingerprint density at radius 1 is 1.12 bits per heavy atom. The average Bonchev–Trinajstić information content (AvgIpc) is 2.63. The zero-order valence-electron chi connectivity index (χ0n) is 15.3. The summed E-state index contributed by atoms with van der Waals surface area (Å²) in [4.78, 5) is 0. The Morgan fingerprint density at radius 3 is 2.69 bits per heavy atom. The van der Waals surface area contributed by atoms with Gasteiger partial charge >= 0.3 is 0 Å². The topological polar surface area (TPSA) is 40.5 Å². The van der Waals surface area contributed by atoms with Crippen molar-refractivity contribution in [1.29, 1.82) is 0 Å². The van der Waals surface area contributed by atoms with Crippen LogP contribution in [0.1, 0.15) is 49.3 Å². The summed E-state index contributed by atoms with van der Waals surface area (Å²) in [5.74, 6) is 6.75. The van der Waals surface area contributed by atoms with Gasteiger partial charge in [-0.3, -0.25) is 0 Å². The number of fused-ring (bicyclic) bond motifs is 3. The molecule has 0 aliphatic heterocycles. The second-order valence-corrected chi connectivity index (χ2v) is 8.01. The van der Waals surface area contributed by atoms with Gasteiger partial charge in [-0.1, -0.05) is 42.3 Å². The Kier molecular flexibility index (Phi) is 4.29. The monoisotopic (exact) mass is 346 g/mol. The van der Waals surface area contributed by atoms with Crippen LogP contribution < -0.4 is 0 Å². The highest BCUT2D eigenvalue weighted by molar-refractivity contribution is 5.45. The molecule has 4 rings (SSSR count). The fraction of sp³-hybridized carbons (Fsp3) is 0.417. The van der Waals surface area contributed by atoms with Gasteiger partial charge < -0.3 is 10.2 Å². The summed E-state index contributed by atoms with van der Waals surface area (Å²) in [6, 6.07) is 16.5. The number of aryl methyl sites for hydroxylation is 1. The second-order valence-electron chi connectivity index (χ2n) is 8.01. The third-order valence-corrected chi connectivity index (χ3v) is 6.46. The Balaban J connectivity index is 1.79. The van der Waals surface area contributed by atoms with E-state index < -0.39 is 5.60 Å². The normalized spacial score (nSPS) is 29.8. The molecule has 2 aromatic rings. The molecule has 26 heavy (non-hydrogen) atoms. The standard InChI is InChI=1S/C24H26O2/c1-2-12-23(26)13-14-24(16-18-6-4-3-5-7-18)20(17-23)9-8-19-15-21(25)10-11-22(19)24/h3-7,10-11,15,20,25-26H,8-9,13-14,16-17H2,1H3/t20-,23?,24+/m1/s1. The summed E-state index contributed by atoms with van der Waals surface area (Å²) in [6.45, 7) is 1.81. The Hall–Kier alpha value is -2.24. The molecule has 0 bridgehead atoms. The molecule has 134 valence electrons. The molecular formula is C24H26O2. The zero-order chi connectivity index (χ0) is 18.2. The van der Waals surface area contributed by atoms with Crippen molar-refractivity contribution in [2.45, 2.75) is 56.5 Å². The van der Waals surface area contributed by atoms with Crippen molar-refractivity contribution in [3.8, 4) is 17.6 Å². The number of aromatic hydroxyl groups is 1. The van der Waals surface area contributed by atoms with Gasteiger partial charge in [-0.2, -0.15) is 0 Å². The molecule has 0 spiro atoms. The molecule has 2 nitrogen and oxygen atoms in total. The predicted molar refractivity (Wildman–Crippen MR) is 104 cm³/mol. The van der Waals surface area contributed by atoms with E-state index in [9.17, 15) is 10.2 Å². The molecule has 1 unspecified atom stereocenters. The van der Waals surface area contributed by atoms with Crippen LogP contribution in [-0.4, -0.2) is 15.8 Å². The van der Waals surface area contributed by atoms with E-state index in [1.165, 1.54) is 16.7 Å². The lowest BCUT2D eigenvalue weighted by Gasteiger charge is -2.52. The second kappa shape index (κ2) is 6.49. The molecular weight excluding hydrogens is 320 g/mol. The molecule has 0 radical (unpaired) electrons. The van der Waals surface area contributed by atoms with Gasteiger partial charge in [0.1, 0.15) is 11.4 Å². The van der Waals surface area contributed by atoms with E-state index in [1.54, 1.807) is 0 Å². The lowest BCUT2D eigenvalue weighted by atomic mass is 9.52. The number of phenolic OH excluding ortho intramolecular Hbond substituents is 1. The highest BCUT2D eigenvalue weighted by atomic mass is 16.3. The molecule has 0 saturated heterocycles. The molecule has 2 aliphatic carbocycles. The minimum atomic E-state index is -0.853. The summed E-state index contributed by atoms with van der Waals surface area (Å²) >= 11 is 0. The SMILES string of the molecule is CC#CC1(O)CC[C@@]2(Cc3ccccc3)c3ccc(O)cc3CC[C@@H]2C1. The van der Waals surface area contributed by atoms with Crippen molar-refractivity contribution >= 4 is 0 Å². The predicted octanol–water partition coefficient (Wildman–Crippen LogP) is 4.37. The maximum absolute atomic E-state index is 11.0. The van der Waals surface area contributed by atoms with Crippen molar-refractivity contribution < 1.29 is 10.2 Å². The van der Waals surface area contributed by atoms with E-state index in [-0.39, 0.29) is 5.41 Å². The highest BCUT2D eigenvalue weighted by Gasteiger charge is 2.51. The van der Waals surface area contributed by atoms with Crippen LogP contribution in [0.15, 0.2) is 48.5 Å². The summed E-state index contributed by atoms with van der Waals surface area (Å²) in [7, 11) is 0. The Labute approximate surface area is 155 Å². The number of hydrogen-bond donors (Lipinski definition) is 2. The van der Waals surface area contributed by atoms with Gasteiger partial charge in [-0.25, -0.2) is 0 Å². The Morgan fingerprint density at radius 2 is 1.92 bits per heavy atom. The van der Waals surface area contributed by atoms with Gasteiger partial charge in [0, 0.05) is 5.41 Å². The Bertz CT molecular complexity index is 861. The largest absolute Gasteiger partial charge is 0.508 e. The third kappa shape index (κ3) is 2.91. The third-order valence-electron chi connectivity index (χ3n) is 6.46. The number of aliphatic hydroxyl groups is 1. The first-order valence-corrected chi connectivity index (χ1v) is 9.57. The van der Waals surface area contributed by atoms with Crippen LogP contribution in [0, 0.1) is 17.8 Å². The molecule has 2 aromatic carbocycles. The van der Waals surface area contributed by atoms with E-state index >= 15 is 0 Å². The first kappa shape index (κ1) is 17.2. The van der Waals surface area contributed by atoms with E-state index in [4.69, 9.17) is 0 Å². The highest BCUT2D eigenvalue weighted by Crippen LogP contribution is 2.54. The quantitative estimate of drug-likeness (QED) is 0.793. The van der Waals surface area contributed by atoms with E-state index in [1.807, 2.05) is 19.1 Å². The van der Waals surface area contributed by atoms with Crippen LogP contribution in [0.2, 0.25) is 0 Å². The molecule has 2 heteroatoms. The van der Waals surface area contributed by atoms with Crippen molar-refractivity contribution in [1.82, 2.24) is 0 Å². The van der Waals surface area contributed by atoms with Gasteiger partial charge in [0.05, 0.1) is 0 Å². The molecule has 3 atom stereocenters. The van der Waals surface area contributed by atoms with Gasteiger partial charge in [0.15, 0.2) is 0 Å². The zero-order valence-corrected chi connectivity index (χ0v) is 15.3. The van der Waals surface area contributed by atoms with Crippen LogP contribution in [0.4, 0.5) is 0 Å². The fourth-order valence-corrected chi connectivity index (χ4v) is 5.31. The van der Waals surface area contributed by atoms with Crippen LogP contribution in [-0.2, 0) is 18.3 Å².